The molecular weight excluding hydrogens is 611 g/mol. The average molecular weight is 646 g/mol. The highest BCUT2D eigenvalue weighted by Crippen LogP contribution is 2.41. The van der Waals surface area contributed by atoms with Gasteiger partial charge in [-0.25, -0.2) is 4.98 Å². The highest BCUT2D eigenvalue weighted by atomic mass is 15.2. The van der Waals surface area contributed by atoms with Crippen LogP contribution in [0.4, 0.5) is 0 Å². The number of hydrogen-bond donors (Lipinski definition) is 0. The maximum absolute atomic E-state index is 9.53. The first-order valence-electron chi connectivity index (χ1n) is 19.3. The maximum Gasteiger partial charge on any atom is 0.238 e. The van der Waals surface area contributed by atoms with Crippen molar-refractivity contribution >= 4 is 43.6 Å². The van der Waals surface area contributed by atoms with Gasteiger partial charge in [-0.3, -0.25) is 4.57 Å². The van der Waals surface area contributed by atoms with Crippen molar-refractivity contribution in [2.75, 3.05) is 0 Å². The largest absolute Gasteiger partial charge is 0.307 e. The summed E-state index contributed by atoms with van der Waals surface area (Å²) in [6.07, 6.45) is 0. The molecule has 3 heterocycles. The third kappa shape index (κ3) is 4.45. The van der Waals surface area contributed by atoms with E-state index in [0.717, 1.165) is 22.3 Å². The monoisotopic (exact) mass is 645 g/mol. The lowest BCUT2D eigenvalue weighted by atomic mass is 10.0. The van der Waals surface area contributed by atoms with E-state index < -0.39 is 0 Å². The second-order valence-electron chi connectivity index (χ2n) is 12.0. The Morgan fingerprint density at radius 1 is 0.380 bits per heavy atom. The molecule has 0 aliphatic rings. The molecule has 3 aromatic heterocycles. The highest BCUT2D eigenvalue weighted by molar-refractivity contribution is 6.23. The molecule has 0 radical (unpaired) electrons. The van der Waals surface area contributed by atoms with Crippen LogP contribution in [0.25, 0.3) is 89.2 Å². The van der Waals surface area contributed by atoms with Crippen LogP contribution in [-0.4, -0.2) is 24.1 Å². The minimum Gasteiger partial charge on any atom is -0.307 e. The second kappa shape index (κ2) is 11.4. The van der Waals surface area contributed by atoms with Gasteiger partial charge in [0, 0.05) is 38.4 Å². The van der Waals surface area contributed by atoms with Crippen molar-refractivity contribution in [2.24, 2.45) is 0 Å². The summed E-state index contributed by atoms with van der Waals surface area (Å²) in [6, 6.07) is 43.5. The first-order chi connectivity index (χ1) is 27.3. The molecule has 10 aromatic rings. The fourth-order valence-electron chi connectivity index (χ4n) is 6.83. The van der Waals surface area contributed by atoms with Gasteiger partial charge < -0.3 is 4.57 Å². The smallest absolute Gasteiger partial charge is 0.238 e. The normalized spacial score (nSPS) is 13.3. The van der Waals surface area contributed by atoms with Crippen LogP contribution in [0.1, 0.15) is 8.22 Å². The van der Waals surface area contributed by atoms with Crippen LogP contribution in [0.3, 0.4) is 0 Å². The molecule has 0 saturated heterocycles. The Morgan fingerprint density at radius 3 is 1.44 bits per heavy atom. The van der Waals surface area contributed by atoms with Crippen LogP contribution in [0, 0.1) is 0 Å². The number of benzene rings is 7. The zero-order valence-corrected chi connectivity index (χ0v) is 26.5. The summed E-state index contributed by atoms with van der Waals surface area (Å²) in [5.41, 5.74) is 6.10. The van der Waals surface area contributed by atoms with Crippen molar-refractivity contribution < 1.29 is 8.22 Å². The molecule has 5 nitrogen and oxygen atoms in total. The van der Waals surface area contributed by atoms with Gasteiger partial charge >= 0.3 is 0 Å². The minimum absolute atomic E-state index is 0.0233. The van der Waals surface area contributed by atoms with Crippen LogP contribution < -0.4 is 0 Å². The van der Waals surface area contributed by atoms with Crippen molar-refractivity contribution in [1.29, 1.82) is 0 Å². The van der Waals surface area contributed by atoms with Gasteiger partial charge in [-0.15, -0.1) is 0 Å². The Hall–Kier alpha value is -6.85. The molecule has 10 rings (SSSR count). The van der Waals surface area contributed by atoms with E-state index in [1.165, 1.54) is 12.1 Å². The Morgan fingerprint density at radius 2 is 0.840 bits per heavy atom. The predicted octanol–water partition coefficient (Wildman–Crippen LogP) is 11.1. The molecule has 7 aromatic carbocycles. The van der Waals surface area contributed by atoms with Gasteiger partial charge in [-0.1, -0.05) is 152 Å². The van der Waals surface area contributed by atoms with Gasteiger partial charge in [0.2, 0.25) is 5.95 Å². The molecule has 0 aliphatic carbocycles. The van der Waals surface area contributed by atoms with E-state index in [1.54, 1.807) is 16.7 Å². The zero-order chi connectivity index (χ0) is 38.2. The molecule has 234 valence electrons. The van der Waals surface area contributed by atoms with Gasteiger partial charge in [-0.05, 0) is 35.3 Å². The molecule has 0 atom stereocenters. The van der Waals surface area contributed by atoms with Crippen LogP contribution in [0.15, 0.2) is 176 Å². The third-order valence-corrected chi connectivity index (χ3v) is 9.11. The standard InChI is InChI=1S/C45H29N5/c1-4-14-30(15-5-1)31-24-26-33(27-25-31)44-46-43(32-16-6-2-7-17-32)47-45(48-44)50-40-23-13-11-21-36(40)38-29-28-37-35-20-10-12-22-39(35)49(41(37)42(38)50)34-18-8-3-9-19-34/h1-29H/i10D,11D,22D,23D,28D,29D. The third-order valence-electron chi connectivity index (χ3n) is 9.11. The van der Waals surface area contributed by atoms with Crippen LogP contribution in [0.2, 0.25) is 0 Å². The van der Waals surface area contributed by atoms with Gasteiger partial charge in [0.25, 0.3) is 0 Å². The van der Waals surface area contributed by atoms with E-state index in [0.29, 0.717) is 60.9 Å². The van der Waals surface area contributed by atoms with E-state index in [4.69, 9.17) is 19.1 Å². The Balaban J connectivity index is 1.39. The van der Waals surface area contributed by atoms with E-state index >= 15 is 0 Å². The Kier molecular flexibility index (Phi) is 5.17. The number of aromatic nitrogens is 5. The number of fused-ring (bicyclic) bond motifs is 7. The molecule has 5 heteroatoms. The van der Waals surface area contributed by atoms with E-state index in [-0.39, 0.29) is 42.2 Å². The molecule has 0 amide bonds. The summed E-state index contributed by atoms with van der Waals surface area (Å²) in [4.78, 5) is 15.2. The first-order valence-corrected chi connectivity index (χ1v) is 16.3. The van der Waals surface area contributed by atoms with Gasteiger partial charge in [0.1, 0.15) is 0 Å². The van der Waals surface area contributed by atoms with Crippen molar-refractivity contribution in [1.82, 2.24) is 24.1 Å². The Labute approximate surface area is 296 Å². The molecule has 0 unspecified atom stereocenters. The van der Waals surface area contributed by atoms with Crippen LogP contribution in [-0.2, 0) is 0 Å². The highest BCUT2D eigenvalue weighted by Gasteiger charge is 2.23. The summed E-state index contributed by atoms with van der Waals surface area (Å²) in [6.45, 7) is 0. The zero-order valence-electron chi connectivity index (χ0n) is 32.5. The summed E-state index contributed by atoms with van der Waals surface area (Å²) >= 11 is 0. The molecule has 0 saturated carbocycles. The lowest BCUT2D eigenvalue weighted by molar-refractivity contribution is 0.953. The number of nitrogens with zero attached hydrogens (tertiary/aromatic N) is 5. The number of para-hydroxylation sites is 3. The topological polar surface area (TPSA) is 48.5 Å². The van der Waals surface area contributed by atoms with Crippen molar-refractivity contribution in [3.63, 3.8) is 0 Å². The van der Waals surface area contributed by atoms with Crippen LogP contribution in [0.5, 0.6) is 0 Å². The molecule has 0 N–H and O–H groups in total. The summed E-state index contributed by atoms with van der Waals surface area (Å²) in [5, 5.41) is 1.67. The first kappa shape index (κ1) is 22.7. The second-order valence-corrected chi connectivity index (χ2v) is 12.0. The van der Waals surface area contributed by atoms with Gasteiger partial charge in [0.05, 0.1) is 30.3 Å². The molecular formula is C45H29N5. The van der Waals surface area contributed by atoms with E-state index in [9.17, 15) is 4.11 Å². The summed E-state index contributed by atoms with van der Waals surface area (Å²) in [7, 11) is 0. The van der Waals surface area contributed by atoms with Crippen molar-refractivity contribution in [2.45, 2.75) is 0 Å². The quantitative estimate of drug-likeness (QED) is 0.187. The lowest BCUT2D eigenvalue weighted by Crippen LogP contribution is -2.07. The molecule has 0 spiro atoms. The fraction of sp³-hybridized carbons (Fsp3) is 0. The molecule has 50 heavy (non-hydrogen) atoms. The van der Waals surface area contributed by atoms with Gasteiger partial charge in [-0.2, -0.15) is 9.97 Å². The predicted molar refractivity (Wildman–Crippen MR) is 205 cm³/mol. The minimum atomic E-state index is -0.107. The van der Waals surface area contributed by atoms with E-state index in [2.05, 4.69) is 12.1 Å². The van der Waals surface area contributed by atoms with E-state index in [1.807, 2.05) is 108 Å². The summed E-state index contributed by atoms with van der Waals surface area (Å²) < 4.78 is 58.3. The lowest BCUT2D eigenvalue weighted by Gasteiger charge is -2.13. The molecule has 0 fully saturated rings. The molecule has 0 bridgehead atoms. The molecule has 0 aliphatic heterocycles. The summed E-state index contributed by atoms with van der Waals surface area (Å²) in [5.74, 6) is 0.969. The maximum atomic E-state index is 9.53. The fourth-order valence-corrected chi connectivity index (χ4v) is 6.83. The van der Waals surface area contributed by atoms with Crippen molar-refractivity contribution in [3.8, 4) is 45.5 Å². The SMILES string of the molecule is [2H]c1cc([2H])c2c(c1)c1c([2H])c([2H])c3c4cc([2H])cc([2H])c4n(-c4nc(-c5ccccc5)nc(-c5ccc(-c6ccccc6)cc5)n4)c3c1n2-c1ccccc1. The van der Waals surface area contributed by atoms with Gasteiger partial charge in [0.15, 0.2) is 11.6 Å². The van der Waals surface area contributed by atoms with Crippen LogP contribution >= 0.6 is 0 Å². The average Bonchev–Trinajstić information content (AvgIpc) is 3.75. The number of hydrogen-bond acceptors (Lipinski definition) is 3. The Bertz CT molecular complexity index is 3180. The number of rotatable bonds is 5. The van der Waals surface area contributed by atoms with Crippen molar-refractivity contribution in [3.05, 3.63) is 176 Å².